The number of benzene rings is 1. The first kappa shape index (κ1) is 17.7. The molecule has 1 saturated heterocycles. The zero-order valence-corrected chi connectivity index (χ0v) is 16.0. The van der Waals surface area contributed by atoms with Crippen LogP contribution in [0.4, 0.5) is 5.69 Å². The van der Waals surface area contributed by atoms with E-state index in [0.29, 0.717) is 11.7 Å². The molecule has 5 nitrogen and oxygen atoms in total. The lowest BCUT2D eigenvalue weighted by Crippen LogP contribution is -2.30. The molecule has 4 rings (SSSR count). The summed E-state index contributed by atoms with van der Waals surface area (Å²) in [7, 11) is 1.72. The summed E-state index contributed by atoms with van der Waals surface area (Å²) < 4.78 is 7.52. The van der Waals surface area contributed by atoms with Crippen molar-refractivity contribution in [3.63, 3.8) is 0 Å². The fourth-order valence-corrected chi connectivity index (χ4v) is 3.96. The first-order valence-electron chi connectivity index (χ1n) is 8.99. The standard InChI is InChI=1S/C21H22N4OS/c1-26-15-14-24-13-7-11-18(24)20-19(17-10-5-6-12-22-17)23-21(27)25(20)16-8-3-2-4-9-16/h2-13,19-20H,14-15H2,1H3,(H,23,27)/t19-,20+/m1/s1. The lowest BCUT2D eigenvalue weighted by atomic mass is 10.0. The predicted molar refractivity (Wildman–Crippen MR) is 111 cm³/mol. The van der Waals surface area contributed by atoms with Gasteiger partial charge in [0.05, 0.1) is 18.3 Å². The second-order valence-corrected chi connectivity index (χ2v) is 6.84. The Bertz CT molecular complexity index is 897. The van der Waals surface area contributed by atoms with E-state index in [0.717, 1.165) is 17.9 Å². The molecule has 2 aromatic heterocycles. The van der Waals surface area contributed by atoms with Gasteiger partial charge in [-0.25, -0.2) is 0 Å². The second-order valence-electron chi connectivity index (χ2n) is 6.45. The topological polar surface area (TPSA) is 42.3 Å². The van der Waals surface area contributed by atoms with Crippen molar-refractivity contribution in [3.05, 3.63) is 84.4 Å². The largest absolute Gasteiger partial charge is 0.383 e. The van der Waals surface area contributed by atoms with E-state index in [4.69, 9.17) is 17.0 Å². The summed E-state index contributed by atoms with van der Waals surface area (Å²) in [6.45, 7) is 1.45. The molecule has 0 aliphatic carbocycles. The van der Waals surface area contributed by atoms with Crippen LogP contribution in [-0.2, 0) is 11.3 Å². The van der Waals surface area contributed by atoms with Crippen molar-refractivity contribution < 1.29 is 4.74 Å². The number of hydrogen-bond donors (Lipinski definition) is 1. The molecule has 27 heavy (non-hydrogen) atoms. The van der Waals surface area contributed by atoms with Crippen LogP contribution in [0.1, 0.15) is 23.5 Å². The minimum Gasteiger partial charge on any atom is -0.383 e. The molecule has 0 radical (unpaired) electrons. The van der Waals surface area contributed by atoms with Gasteiger partial charge in [0.2, 0.25) is 0 Å². The number of pyridine rings is 1. The van der Waals surface area contributed by atoms with Crippen LogP contribution in [0.25, 0.3) is 0 Å². The van der Waals surface area contributed by atoms with Crippen molar-refractivity contribution in [2.24, 2.45) is 0 Å². The maximum atomic E-state index is 5.73. The maximum Gasteiger partial charge on any atom is 0.174 e. The van der Waals surface area contributed by atoms with Crippen molar-refractivity contribution in [1.82, 2.24) is 14.9 Å². The van der Waals surface area contributed by atoms with Gasteiger partial charge in [-0.2, -0.15) is 0 Å². The molecule has 138 valence electrons. The van der Waals surface area contributed by atoms with E-state index in [-0.39, 0.29) is 12.1 Å². The van der Waals surface area contributed by atoms with Crippen LogP contribution in [0, 0.1) is 0 Å². The van der Waals surface area contributed by atoms with E-state index < -0.39 is 0 Å². The molecular weight excluding hydrogens is 356 g/mol. The third kappa shape index (κ3) is 3.46. The van der Waals surface area contributed by atoms with Gasteiger partial charge in [0.15, 0.2) is 5.11 Å². The monoisotopic (exact) mass is 378 g/mol. The summed E-state index contributed by atoms with van der Waals surface area (Å²) >= 11 is 5.73. The smallest absolute Gasteiger partial charge is 0.174 e. The van der Waals surface area contributed by atoms with Gasteiger partial charge in [0.25, 0.3) is 0 Å². The number of ether oxygens (including phenoxy) is 1. The van der Waals surface area contributed by atoms with E-state index in [1.165, 1.54) is 5.69 Å². The normalized spacial score (nSPS) is 19.3. The lowest BCUT2D eigenvalue weighted by Gasteiger charge is -2.29. The molecule has 1 aliphatic heterocycles. The third-order valence-electron chi connectivity index (χ3n) is 4.84. The predicted octanol–water partition coefficient (Wildman–Crippen LogP) is 3.71. The number of anilines is 1. The highest BCUT2D eigenvalue weighted by molar-refractivity contribution is 7.80. The highest BCUT2D eigenvalue weighted by Crippen LogP contribution is 2.41. The van der Waals surface area contributed by atoms with Crippen LogP contribution in [0.3, 0.4) is 0 Å². The Morgan fingerprint density at radius 1 is 1.07 bits per heavy atom. The first-order valence-corrected chi connectivity index (χ1v) is 9.40. The fraction of sp³-hybridized carbons (Fsp3) is 0.238. The minimum absolute atomic E-state index is 0.00153. The Morgan fingerprint density at radius 3 is 2.63 bits per heavy atom. The lowest BCUT2D eigenvalue weighted by molar-refractivity contribution is 0.186. The second kappa shape index (κ2) is 7.90. The number of nitrogens with zero attached hydrogens (tertiary/aromatic N) is 3. The van der Waals surface area contributed by atoms with Gasteiger partial charge in [-0.05, 0) is 48.6 Å². The van der Waals surface area contributed by atoms with Crippen molar-refractivity contribution in [2.75, 3.05) is 18.6 Å². The average Bonchev–Trinajstić information content (AvgIpc) is 3.31. The van der Waals surface area contributed by atoms with E-state index in [9.17, 15) is 0 Å². The SMILES string of the molecule is COCCn1cccc1[C@H]1[C@@H](c2ccccn2)NC(=S)N1c1ccccc1. The number of aromatic nitrogens is 2. The number of rotatable bonds is 6. The number of para-hydroxylation sites is 1. The molecule has 3 heterocycles. The summed E-state index contributed by atoms with van der Waals surface area (Å²) in [5, 5.41) is 4.20. The third-order valence-corrected chi connectivity index (χ3v) is 5.15. The Hall–Kier alpha value is -2.70. The molecule has 0 amide bonds. The van der Waals surface area contributed by atoms with Crippen LogP contribution >= 0.6 is 12.2 Å². The van der Waals surface area contributed by atoms with Gasteiger partial charge in [0.1, 0.15) is 6.04 Å². The zero-order valence-electron chi connectivity index (χ0n) is 15.2. The summed E-state index contributed by atoms with van der Waals surface area (Å²) in [6, 6.07) is 20.5. The molecule has 0 bridgehead atoms. The molecule has 1 fully saturated rings. The summed E-state index contributed by atoms with van der Waals surface area (Å²) in [4.78, 5) is 6.78. The number of hydrogen-bond acceptors (Lipinski definition) is 3. The van der Waals surface area contributed by atoms with Crippen molar-refractivity contribution in [1.29, 1.82) is 0 Å². The number of thiocarbonyl (C=S) groups is 1. The molecule has 1 aliphatic rings. The van der Waals surface area contributed by atoms with Gasteiger partial charge >= 0.3 is 0 Å². The van der Waals surface area contributed by atoms with Crippen molar-refractivity contribution in [3.8, 4) is 0 Å². The van der Waals surface area contributed by atoms with Gasteiger partial charge in [-0.1, -0.05) is 24.3 Å². The van der Waals surface area contributed by atoms with E-state index >= 15 is 0 Å². The van der Waals surface area contributed by atoms with Gasteiger partial charge in [-0.3, -0.25) is 4.98 Å². The molecular formula is C21H22N4OS. The van der Waals surface area contributed by atoms with E-state index in [2.05, 4.69) is 50.2 Å². The summed E-state index contributed by atoms with van der Waals surface area (Å²) in [6.07, 6.45) is 3.92. The zero-order chi connectivity index (χ0) is 18.6. The van der Waals surface area contributed by atoms with Crippen LogP contribution in [0.2, 0.25) is 0 Å². The van der Waals surface area contributed by atoms with Crippen molar-refractivity contribution >= 4 is 23.0 Å². The van der Waals surface area contributed by atoms with E-state index in [1.807, 2.05) is 42.6 Å². The molecule has 0 saturated carbocycles. The average molecular weight is 379 g/mol. The molecule has 0 spiro atoms. The number of nitrogens with one attached hydrogen (secondary N) is 1. The molecule has 6 heteroatoms. The van der Waals surface area contributed by atoms with Gasteiger partial charge < -0.3 is 19.5 Å². The van der Waals surface area contributed by atoms with Gasteiger partial charge in [0, 0.05) is 37.4 Å². The van der Waals surface area contributed by atoms with Crippen LogP contribution < -0.4 is 10.2 Å². The van der Waals surface area contributed by atoms with Crippen LogP contribution in [0.15, 0.2) is 73.1 Å². The summed E-state index contributed by atoms with van der Waals surface area (Å²) in [5.74, 6) is 0. The molecule has 1 N–H and O–H groups in total. The molecule has 0 unspecified atom stereocenters. The highest BCUT2D eigenvalue weighted by atomic mass is 32.1. The van der Waals surface area contributed by atoms with Gasteiger partial charge in [-0.15, -0.1) is 0 Å². The molecule has 3 aromatic rings. The molecule has 1 aromatic carbocycles. The van der Waals surface area contributed by atoms with Crippen molar-refractivity contribution in [2.45, 2.75) is 18.6 Å². The Labute approximate surface area is 164 Å². The highest BCUT2D eigenvalue weighted by Gasteiger charge is 2.41. The first-order chi connectivity index (χ1) is 13.3. The summed E-state index contributed by atoms with van der Waals surface area (Å²) in [5.41, 5.74) is 3.22. The fourth-order valence-electron chi connectivity index (χ4n) is 3.61. The minimum atomic E-state index is -0.0323. The Morgan fingerprint density at radius 2 is 1.89 bits per heavy atom. The van der Waals surface area contributed by atoms with Crippen LogP contribution in [-0.4, -0.2) is 28.4 Å². The van der Waals surface area contributed by atoms with E-state index in [1.54, 1.807) is 7.11 Å². The Kier molecular flexibility index (Phi) is 5.18. The Balaban J connectivity index is 1.80. The molecule has 2 atom stereocenters. The quantitative estimate of drug-likeness (QED) is 0.663. The maximum absolute atomic E-state index is 5.73. The number of methoxy groups -OCH3 is 1. The van der Waals surface area contributed by atoms with Crippen LogP contribution in [0.5, 0.6) is 0 Å².